The van der Waals surface area contributed by atoms with Gasteiger partial charge in [-0.3, -0.25) is 4.79 Å². The van der Waals surface area contributed by atoms with Crippen LogP contribution in [0.2, 0.25) is 0 Å². The number of carbonyl (C=O) groups is 2. The van der Waals surface area contributed by atoms with Crippen molar-refractivity contribution in [2.24, 2.45) is 0 Å². The zero-order valence-corrected chi connectivity index (χ0v) is 17.3. The minimum atomic E-state index is -4.44. The fourth-order valence-electron chi connectivity index (χ4n) is 3.57. The number of benzene rings is 2. The normalized spacial score (nSPS) is 16.4. The van der Waals surface area contributed by atoms with Gasteiger partial charge in [0, 0.05) is 19.6 Å². The molecule has 0 aliphatic carbocycles. The van der Waals surface area contributed by atoms with Crippen molar-refractivity contribution in [3.8, 4) is 6.07 Å². The van der Waals surface area contributed by atoms with Crippen molar-refractivity contribution >= 4 is 11.9 Å². The van der Waals surface area contributed by atoms with Crippen molar-refractivity contribution in [3.63, 3.8) is 0 Å². The van der Waals surface area contributed by atoms with Gasteiger partial charge in [0.05, 0.1) is 17.2 Å². The van der Waals surface area contributed by atoms with E-state index < -0.39 is 23.8 Å². The molecule has 0 bridgehead atoms. The van der Waals surface area contributed by atoms with E-state index in [1.165, 1.54) is 11.0 Å². The maximum Gasteiger partial charge on any atom is 0.416 e. The monoisotopic (exact) mass is 444 g/mol. The molecule has 1 saturated heterocycles. The van der Waals surface area contributed by atoms with E-state index in [2.05, 4.69) is 10.6 Å². The molecular weight excluding hydrogens is 421 g/mol. The molecule has 1 heterocycles. The van der Waals surface area contributed by atoms with Gasteiger partial charge in [-0.2, -0.15) is 18.4 Å². The number of carbonyl (C=O) groups excluding carboxylic acids is 2. The summed E-state index contributed by atoms with van der Waals surface area (Å²) in [6, 6.07) is 12.8. The highest BCUT2D eigenvalue weighted by Crippen LogP contribution is 2.30. The van der Waals surface area contributed by atoms with Crippen LogP contribution in [-0.4, -0.2) is 36.0 Å². The minimum Gasteiger partial charge on any atom is -0.338 e. The number of nitrogens with one attached hydrogen (secondary N) is 2. The fraction of sp³-hybridized carbons (Fsp3) is 0.348. The third-order valence-corrected chi connectivity index (χ3v) is 5.25. The summed E-state index contributed by atoms with van der Waals surface area (Å²) >= 11 is 0. The van der Waals surface area contributed by atoms with Crippen molar-refractivity contribution in [2.45, 2.75) is 38.0 Å². The molecule has 1 unspecified atom stereocenters. The number of nitriles is 1. The predicted molar refractivity (Wildman–Crippen MR) is 111 cm³/mol. The van der Waals surface area contributed by atoms with Crippen LogP contribution < -0.4 is 10.6 Å². The molecule has 1 atom stereocenters. The van der Waals surface area contributed by atoms with Gasteiger partial charge in [-0.15, -0.1) is 0 Å². The van der Waals surface area contributed by atoms with Crippen LogP contribution in [0.25, 0.3) is 0 Å². The number of hydrogen-bond donors (Lipinski definition) is 2. The van der Waals surface area contributed by atoms with Crippen LogP contribution in [0, 0.1) is 11.3 Å². The molecule has 9 heteroatoms. The molecule has 2 aromatic rings. The predicted octanol–water partition coefficient (Wildman–Crippen LogP) is 3.61. The van der Waals surface area contributed by atoms with E-state index in [0.717, 1.165) is 17.7 Å². The first-order valence-electron chi connectivity index (χ1n) is 10.2. The Labute approximate surface area is 184 Å². The lowest BCUT2D eigenvalue weighted by Crippen LogP contribution is -2.54. The molecule has 32 heavy (non-hydrogen) atoms. The molecule has 0 spiro atoms. The van der Waals surface area contributed by atoms with E-state index in [1.807, 2.05) is 18.2 Å². The summed E-state index contributed by atoms with van der Waals surface area (Å²) in [4.78, 5) is 26.4. The molecule has 1 aliphatic rings. The second-order valence-corrected chi connectivity index (χ2v) is 7.61. The highest BCUT2D eigenvalue weighted by atomic mass is 19.4. The molecule has 6 nitrogen and oxygen atoms in total. The number of piperidine rings is 1. The summed E-state index contributed by atoms with van der Waals surface area (Å²) in [5, 5.41) is 14.2. The lowest BCUT2D eigenvalue weighted by molar-refractivity contribution is -0.137. The smallest absolute Gasteiger partial charge is 0.338 e. The summed E-state index contributed by atoms with van der Waals surface area (Å²) in [6.45, 7) is 0.835. The Morgan fingerprint density at radius 2 is 1.91 bits per heavy atom. The number of nitrogens with zero attached hydrogens (tertiary/aromatic N) is 2. The van der Waals surface area contributed by atoms with Crippen LogP contribution in [-0.2, 0) is 23.9 Å². The van der Waals surface area contributed by atoms with Crippen molar-refractivity contribution in [2.75, 3.05) is 13.1 Å². The topological polar surface area (TPSA) is 85.2 Å². The molecule has 2 aromatic carbocycles. The van der Waals surface area contributed by atoms with Crippen LogP contribution in [0.5, 0.6) is 0 Å². The Morgan fingerprint density at radius 3 is 2.59 bits per heavy atom. The summed E-state index contributed by atoms with van der Waals surface area (Å²) < 4.78 is 38.8. The number of likely N-dealkylation sites (tertiary alicyclic amines) is 1. The van der Waals surface area contributed by atoms with Crippen molar-refractivity contribution in [1.82, 2.24) is 15.5 Å². The van der Waals surface area contributed by atoms with E-state index in [4.69, 9.17) is 5.26 Å². The quantitative estimate of drug-likeness (QED) is 0.714. The van der Waals surface area contributed by atoms with Gasteiger partial charge in [0.2, 0.25) is 5.91 Å². The lowest BCUT2D eigenvalue weighted by Gasteiger charge is -2.32. The first-order chi connectivity index (χ1) is 15.3. The average Bonchev–Trinajstić information content (AvgIpc) is 2.77. The molecule has 0 radical (unpaired) electrons. The summed E-state index contributed by atoms with van der Waals surface area (Å²) in [5.41, 5.74) is 1.16. The number of amides is 3. The van der Waals surface area contributed by atoms with E-state index in [1.54, 1.807) is 18.2 Å². The van der Waals surface area contributed by atoms with E-state index in [-0.39, 0.29) is 12.5 Å². The van der Waals surface area contributed by atoms with Crippen LogP contribution >= 0.6 is 0 Å². The summed E-state index contributed by atoms with van der Waals surface area (Å²) in [5.74, 6) is -0.309. The Kier molecular flexibility index (Phi) is 7.36. The van der Waals surface area contributed by atoms with Crippen LogP contribution in [0.3, 0.4) is 0 Å². The Balaban J connectivity index is 1.50. The van der Waals surface area contributed by atoms with Gasteiger partial charge >= 0.3 is 12.2 Å². The Bertz CT molecular complexity index is 1000. The zero-order valence-electron chi connectivity index (χ0n) is 17.3. The zero-order chi connectivity index (χ0) is 23.1. The van der Waals surface area contributed by atoms with Crippen LogP contribution in [0.15, 0.2) is 48.5 Å². The van der Waals surface area contributed by atoms with E-state index in [9.17, 15) is 22.8 Å². The second-order valence-electron chi connectivity index (χ2n) is 7.61. The largest absolute Gasteiger partial charge is 0.416 e. The van der Waals surface area contributed by atoms with Crippen molar-refractivity contribution < 1.29 is 22.8 Å². The van der Waals surface area contributed by atoms with Crippen LogP contribution in [0.1, 0.15) is 35.1 Å². The van der Waals surface area contributed by atoms with Crippen LogP contribution in [0.4, 0.5) is 18.0 Å². The molecular formula is C23H23F3N4O2. The Hall–Kier alpha value is -3.54. The average molecular weight is 444 g/mol. The SMILES string of the molecule is N#Cc1ccc(CCNC(=O)NC2CCCN(Cc3cccc(C(F)(F)F)c3)C2=O)cc1. The molecule has 3 amide bonds. The molecule has 3 rings (SSSR count). The van der Waals surface area contributed by atoms with Gasteiger partial charge < -0.3 is 15.5 Å². The number of urea groups is 1. The van der Waals surface area contributed by atoms with E-state index in [0.29, 0.717) is 43.5 Å². The highest BCUT2D eigenvalue weighted by Gasteiger charge is 2.32. The standard InChI is InChI=1S/C23H23F3N4O2/c24-23(25,26)19-4-1-3-18(13-19)15-30-12-2-5-20(21(30)31)29-22(32)28-11-10-16-6-8-17(14-27)9-7-16/h1,3-4,6-9,13,20H,2,5,10-12,15H2,(H2,28,29,32). The maximum absolute atomic E-state index is 12.9. The number of alkyl halides is 3. The first-order valence-corrected chi connectivity index (χ1v) is 10.2. The van der Waals surface area contributed by atoms with E-state index >= 15 is 0 Å². The van der Waals surface area contributed by atoms with Gasteiger partial charge in [0.25, 0.3) is 0 Å². The summed E-state index contributed by atoms with van der Waals surface area (Å²) in [7, 11) is 0. The number of rotatable bonds is 6. The van der Waals surface area contributed by atoms with Gasteiger partial charge in [0.15, 0.2) is 0 Å². The number of hydrogen-bond acceptors (Lipinski definition) is 3. The highest BCUT2D eigenvalue weighted by molar-refractivity contribution is 5.87. The second kappa shape index (κ2) is 10.2. The van der Waals surface area contributed by atoms with Gasteiger partial charge in [0.1, 0.15) is 6.04 Å². The third kappa shape index (κ3) is 6.23. The number of halogens is 3. The molecule has 1 fully saturated rings. The first kappa shape index (κ1) is 23.1. The molecule has 0 saturated carbocycles. The van der Waals surface area contributed by atoms with Gasteiger partial charge in [-0.05, 0) is 54.7 Å². The van der Waals surface area contributed by atoms with Gasteiger partial charge in [-0.1, -0.05) is 24.3 Å². The third-order valence-electron chi connectivity index (χ3n) is 5.25. The fourth-order valence-corrected chi connectivity index (χ4v) is 3.57. The van der Waals surface area contributed by atoms with Crippen molar-refractivity contribution in [3.05, 3.63) is 70.8 Å². The Morgan fingerprint density at radius 1 is 1.16 bits per heavy atom. The molecule has 1 aliphatic heterocycles. The summed E-state index contributed by atoms with van der Waals surface area (Å²) in [6.07, 6.45) is -2.76. The molecule has 2 N–H and O–H groups in total. The minimum absolute atomic E-state index is 0.0568. The lowest BCUT2D eigenvalue weighted by atomic mass is 10.0. The van der Waals surface area contributed by atoms with Gasteiger partial charge in [-0.25, -0.2) is 4.79 Å². The molecule has 168 valence electrons. The molecule has 0 aromatic heterocycles. The van der Waals surface area contributed by atoms with Crippen molar-refractivity contribution in [1.29, 1.82) is 5.26 Å². The maximum atomic E-state index is 12.9.